The van der Waals surface area contributed by atoms with E-state index in [9.17, 15) is 5.11 Å². The summed E-state index contributed by atoms with van der Waals surface area (Å²) in [6.07, 6.45) is 1.81. The number of fused-ring (bicyclic) bond motifs is 1. The molecule has 64 valence electrons. The number of nitrogens with zero attached hydrogens (tertiary/aromatic N) is 2. The summed E-state index contributed by atoms with van der Waals surface area (Å²) in [6.45, 7) is 0. The molecule has 4 heteroatoms. The summed E-state index contributed by atoms with van der Waals surface area (Å²) < 4.78 is 5.09. The van der Waals surface area contributed by atoms with E-state index in [0.29, 0.717) is 16.7 Å². The lowest BCUT2D eigenvalue weighted by atomic mass is 10.2. The molecule has 0 amide bonds. The fourth-order valence-electron chi connectivity index (χ4n) is 1.20. The minimum absolute atomic E-state index is 0.341. The van der Waals surface area contributed by atoms with Gasteiger partial charge in [-0.25, -0.2) is 0 Å². The van der Waals surface area contributed by atoms with Crippen molar-refractivity contribution in [2.24, 2.45) is 0 Å². The summed E-state index contributed by atoms with van der Waals surface area (Å²) in [4.78, 5) is 3.92. The molecular formula is C9H6N2O2. The van der Waals surface area contributed by atoms with E-state index in [1.165, 1.54) is 12.5 Å². The van der Waals surface area contributed by atoms with Crippen LogP contribution in [0.15, 0.2) is 29.0 Å². The lowest BCUT2D eigenvalue weighted by Gasteiger charge is -2.00. The highest BCUT2D eigenvalue weighted by Gasteiger charge is 2.12. The van der Waals surface area contributed by atoms with Crippen LogP contribution in [0.2, 0.25) is 0 Å². The standard InChI is InChI=1S/C9H6N2O2/c10-5-7(12)9-6-2-4-13-8(6)1-3-11-9/h1-4,7,12H. The first kappa shape index (κ1) is 7.77. The van der Waals surface area contributed by atoms with Crippen LogP contribution in [0.25, 0.3) is 11.0 Å². The molecule has 1 unspecified atom stereocenters. The molecule has 1 atom stereocenters. The van der Waals surface area contributed by atoms with Crippen molar-refractivity contribution in [1.29, 1.82) is 5.26 Å². The number of hydrogen-bond acceptors (Lipinski definition) is 4. The Balaban J connectivity index is 2.69. The van der Waals surface area contributed by atoms with Crippen LogP contribution in [-0.2, 0) is 0 Å². The molecule has 0 spiro atoms. The lowest BCUT2D eigenvalue weighted by molar-refractivity contribution is 0.232. The second kappa shape index (κ2) is 2.88. The first-order chi connectivity index (χ1) is 6.33. The first-order valence-corrected chi connectivity index (χ1v) is 3.72. The predicted molar refractivity (Wildman–Crippen MR) is 44.6 cm³/mol. The number of aliphatic hydroxyl groups is 1. The number of nitriles is 1. The van der Waals surface area contributed by atoms with Crippen LogP contribution in [-0.4, -0.2) is 10.1 Å². The van der Waals surface area contributed by atoms with Gasteiger partial charge in [0.05, 0.1) is 12.0 Å². The second-order valence-electron chi connectivity index (χ2n) is 2.56. The highest BCUT2D eigenvalue weighted by Crippen LogP contribution is 2.22. The number of hydrogen-bond donors (Lipinski definition) is 1. The van der Waals surface area contributed by atoms with Crippen LogP contribution in [0, 0.1) is 11.3 Å². The maximum Gasteiger partial charge on any atom is 0.183 e. The molecule has 2 aromatic rings. The number of aromatic nitrogens is 1. The molecule has 1 N–H and O–H groups in total. The number of rotatable bonds is 1. The van der Waals surface area contributed by atoms with Gasteiger partial charge in [-0.2, -0.15) is 5.26 Å². The molecule has 0 aliphatic carbocycles. The van der Waals surface area contributed by atoms with Gasteiger partial charge in [-0.3, -0.25) is 4.98 Å². The Morgan fingerprint density at radius 3 is 3.15 bits per heavy atom. The smallest absolute Gasteiger partial charge is 0.183 e. The van der Waals surface area contributed by atoms with Crippen molar-refractivity contribution in [3.8, 4) is 6.07 Å². The van der Waals surface area contributed by atoms with Gasteiger partial charge < -0.3 is 9.52 Å². The van der Waals surface area contributed by atoms with Gasteiger partial charge in [0.25, 0.3) is 0 Å². The Morgan fingerprint density at radius 2 is 2.38 bits per heavy atom. The molecule has 0 aliphatic heterocycles. The van der Waals surface area contributed by atoms with E-state index in [4.69, 9.17) is 9.68 Å². The zero-order valence-corrected chi connectivity index (χ0v) is 6.64. The Morgan fingerprint density at radius 1 is 1.54 bits per heavy atom. The van der Waals surface area contributed by atoms with Gasteiger partial charge in [0.2, 0.25) is 0 Å². The third-order valence-corrected chi connectivity index (χ3v) is 1.79. The minimum Gasteiger partial charge on any atom is -0.464 e. The lowest BCUT2D eigenvalue weighted by Crippen LogP contribution is -1.96. The summed E-state index contributed by atoms with van der Waals surface area (Å²) in [5.74, 6) is 0. The highest BCUT2D eigenvalue weighted by molar-refractivity contribution is 5.79. The monoisotopic (exact) mass is 174 g/mol. The molecule has 0 radical (unpaired) electrons. The van der Waals surface area contributed by atoms with Crippen LogP contribution in [0.3, 0.4) is 0 Å². The fourth-order valence-corrected chi connectivity index (χ4v) is 1.20. The topological polar surface area (TPSA) is 70.0 Å². The third kappa shape index (κ3) is 1.15. The van der Waals surface area contributed by atoms with E-state index in [0.717, 1.165) is 0 Å². The zero-order valence-electron chi connectivity index (χ0n) is 6.64. The molecule has 0 saturated carbocycles. The molecule has 13 heavy (non-hydrogen) atoms. The van der Waals surface area contributed by atoms with Crippen LogP contribution in [0.4, 0.5) is 0 Å². The normalized spacial score (nSPS) is 12.6. The quantitative estimate of drug-likeness (QED) is 0.663. The predicted octanol–water partition coefficient (Wildman–Crippen LogP) is 1.38. The molecule has 2 aromatic heterocycles. The molecule has 4 nitrogen and oxygen atoms in total. The minimum atomic E-state index is -1.19. The van der Waals surface area contributed by atoms with Gasteiger partial charge in [0.1, 0.15) is 11.7 Å². The van der Waals surface area contributed by atoms with Crippen molar-refractivity contribution >= 4 is 11.0 Å². The summed E-state index contributed by atoms with van der Waals surface area (Å²) in [7, 11) is 0. The Kier molecular flexibility index (Phi) is 1.72. The first-order valence-electron chi connectivity index (χ1n) is 3.72. The van der Waals surface area contributed by atoms with E-state index in [1.54, 1.807) is 18.2 Å². The van der Waals surface area contributed by atoms with Gasteiger partial charge in [-0.15, -0.1) is 0 Å². The maximum absolute atomic E-state index is 9.28. The molecule has 0 aromatic carbocycles. The van der Waals surface area contributed by atoms with Crippen molar-refractivity contribution in [3.05, 3.63) is 30.3 Å². The number of aliphatic hydroxyl groups excluding tert-OH is 1. The Bertz CT molecular complexity index is 470. The highest BCUT2D eigenvalue weighted by atomic mass is 16.3. The molecule has 0 fully saturated rings. The van der Waals surface area contributed by atoms with E-state index in [-0.39, 0.29) is 0 Å². The fraction of sp³-hybridized carbons (Fsp3) is 0.111. The van der Waals surface area contributed by atoms with E-state index in [2.05, 4.69) is 4.98 Å². The van der Waals surface area contributed by atoms with Crippen molar-refractivity contribution in [1.82, 2.24) is 4.98 Å². The van der Waals surface area contributed by atoms with Gasteiger partial charge in [0, 0.05) is 11.6 Å². The SMILES string of the molecule is N#CC(O)c1nccc2occc12. The van der Waals surface area contributed by atoms with Gasteiger partial charge in [-0.05, 0) is 12.1 Å². The van der Waals surface area contributed by atoms with Crippen LogP contribution < -0.4 is 0 Å². The zero-order chi connectivity index (χ0) is 9.26. The van der Waals surface area contributed by atoms with Gasteiger partial charge in [-0.1, -0.05) is 0 Å². The van der Waals surface area contributed by atoms with Crippen LogP contribution in [0.1, 0.15) is 11.8 Å². The van der Waals surface area contributed by atoms with Crippen molar-refractivity contribution in [3.63, 3.8) is 0 Å². The van der Waals surface area contributed by atoms with E-state index < -0.39 is 6.10 Å². The van der Waals surface area contributed by atoms with E-state index >= 15 is 0 Å². The van der Waals surface area contributed by atoms with Crippen molar-refractivity contribution in [2.75, 3.05) is 0 Å². The summed E-state index contributed by atoms with van der Waals surface area (Å²) >= 11 is 0. The average Bonchev–Trinajstić information content (AvgIpc) is 2.63. The molecule has 0 bridgehead atoms. The van der Waals surface area contributed by atoms with Crippen molar-refractivity contribution < 1.29 is 9.52 Å². The molecule has 0 aliphatic rings. The van der Waals surface area contributed by atoms with E-state index in [1.807, 2.05) is 0 Å². The molecule has 0 saturated heterocycles. The second-order valence-corrected chi connectivity index (χ2v) is 2.56. The largest absolute Gasteiger partial charge is 0.464 e. The number of pyridine rings is 1. The average molecular weight is 174 g/mol. The molecular weight excluding hydrogens is 168 g/mol. The van der Waals surface area contributed by atoms with Gasteiger partial charge >= 0.3 is 0 Å². The summed E-state index contributed by atoms with van der Waals surface area (Å²) in [5.41, 5.74) is 0.966. The van der Waals surface area contributed by atoms with Crippen molar-refractivity contribution in [2.45, 2.75) is 6.10 Å². The maximum atomic E-state index is 9.28. The Labute approximate surface area is 74.0 Å². The Hall–Kier alpha value is -1.86. The van der Waals surface area contributed by atoms with Crippen LogP contribution in [0.5, 0.6) is 0 Å². The molecule has 2 rings (SSSR count). The third-order valence-electron chi connectivity index (χ3n) is 1.79. The molecule has 2 heterocycles. The summed E-state index contributed by atoms with van der Waals surface area (Å²) in [6, 6.07) is 5.08. The number of furan rings is 1. The van der Waals surface area contributed by atoms with Gasteiger partial charge in [0.15, 0.2) is 6.10 Å². The van der Waals surface area contributed by atoms with Crippen LogP contribution >= 0.6 is 0 Å². The summed E-state index contributed by atoms with van der Waals surface area (Å²) in [5, 5.41) is 18.5.